The van der Waals surface area contributed by atoms with Crippen LogP contribution in [0.4, 0.5) is 0 Å². The lowest BCUT2D eigenvalue weighted by Crippen LogP contribution is -2.27. The summed E-state index contributed by atoms with van der Waals surface area (Å²) < 4.78 is 5.87. The Bertz CT molecular complexity index is 657. The van der Waals surface area contributed by atoms with Gasteiger partial charge in [0.25, 0.3) is 0 Å². The van der Waals surface area contributed by atoms with Gasteiger partial charge in [0.2, 0.25) is 0 Å². The van der Waals surface area contributed by atoms with Gasteiger partial charge in [0, 0.05) is 26.2 Å². The van der Waals surface area contributed by atoms with Crippen molar-refractivity contribution in [1.29, 1.82) is 0 Å². The molecule has 1 aliphatic carbocycles. The van der Waals surface area contributed by atoms with Crippen LogP contribution in [-0.2, 0) is 6.42 Å². The van der Waals surface area contributed by atoms with E-state index in [2.05, 4.69) is 17.5 Å². The van der Waals surface area contributed by atoms with Crippen LogP contribution in [0.2, 0.25) is 10.0 Å². The summed E-state index contributed by atoms with van der Waals surface area (Å²) in [5, 5.41) is 13.6. The van der Waals surface area contributed by atoms with Crippen molar-refractivity contribution in [2.75, 3.05) is 6.61 Å². The topological polar surface area (TPSA) is 29.5 Å². The summed E-state index contributed by atoms with van der Waals surface area (Å²) in [4.78, 5) is 1.39. The molecule has 25 heavy (non-hydrogen) atoms. The first-order valence-corrected chi connectivity index (χ1v) is 10.5. The van der Waals surface area contributed by atoms with Crippen LogP contribution in [0, 0.1) is 11.8 Å². The standard InChI is InChI=1S/C19H21Cl3O2S/c20-12-7-13(21)9-14(8-12)24-11-17-16(18(22)10-19(17)23)5-1-3-15-4-2-6-25-15/h2,4,6-9,16-19,23H,1,3,5,10-11H2/t16-,17-,18+,19-/m1/s1. The van der Waals surface area contributed by atoms with Crippen molar-refractivity contribution in [2.45, 2.75) is 37.2 Å². The van der Waals surface area contributed by atoms with E-state index < -0.39 is 6.10 Å². The lowest BCUT2D eigenvalue weighted by molar-refractivity contribution is 0.0781. The third-order valence-electron chi connectivity index (χ3n) is 4.79. The first-order chi connectivity index (χ1) is 12.0. The molecular weight excluding hydrogens is 399 g/mol. The first-order valence-electron chi connectivity index (χ1n) is 8.46. The molecule has 0 amide bonds. The number of hydrogen-bond acceptors (Lipinski definition) is 3. The predicted octanol–water partition coefficient (Wildman–Crippen LogP) is 6.06. The number of aliphatic hydroxyl groups excluding tert-OH is 1. The summed E-state index contributed by atoms with van der Waals surface area (Å²) >= 11 is 20.3. The van der Waals surface area contributed by atoms with E-state index in [1.54, 1.807) is 29.5 Å². The molecule has 2 nitrogen and oxygen atoms in total. The summed E-state index contributed by atoms with van der Waals surface area (Å²) in [6, 6.07) is 9.38. The second-order valence-corrected chi connectivity index (χ2v) is 9.00. The Hall–Kier alpha value is -0.450. The van der Waals surface area contributed by atoms with E-state index in [-0.39, 0.29) is 17.2 Å². The van der Waals surface area contributed by atoms with E-state index in [0.29, 0.717) is 28.8 Å². The van der Waals surface area contributed by atoms with Crippen molar-refractivity contribution in [3.8, 4) is 5.75 Å². The molecule has 6 heteroatoms. The third kappa shape index (κ3) is 5.27. The zero-order valence-corrected chi connectivity index (χ0v) is 16.8. The fourth-order valence-corrected chi connectivity index (χ4v) is 5.29. The molecule has 0 aliphatic heterocycles. The Morgan fingerprint density at radius 3 is 2.60 bits per heavy atom. The number of ether oxygens (including phenoxy) is 1. The Morgan fingerprint density at radius 2 is 1.92 bits per heavy atom. The van der Waals surface area contributed by atoms with Crippen LogP contribution in [0.3, 0.4) is 0 Å². The molecule has 1 saturated carbocycles. The van der Waals surface area contributed by atoms with Gasteiger partial charge in [-0.1, -0.05) is 29.3 Å². The van der Waals surface area contributed by atoms with Gasteiger partial charge in [-0.15, -0.1) is 22.9 Å². The SMILES string of the molecule is O[C@@H]1C[C@H](Cl)[C@H](CCCc2cccs2)[C@H]1COc1cc(Cl)cc(Cl)c1. The molecule has 1 heterocycles. The van der Waals surface area contributed by atoms with Crippen LogP contribution in [-0.4, -0.2) is 23.2 Å². The molecule has 3 rings (SSSR count). The monoisotopic (exact) mass is 418 g/mol. The number of alkyl halides is 1. The van der Waals surface area contributed by atoms with Crippen LogP contribution >= 0.6 is 46.1 Å². The molecular formula is C19H21Cl3O2S. The van der Waals surface area contributed by atoms with Gasteiger partial charge in [-0.2, -0.15) is 0 Å². The van der Waals surface area contributed by atoms with Crippen LogP contribution in [0.15, 0.2) is 35.7 Å². The van der Waals surface area contributed by atoms with Crippen LogP contribution in [0.1, 0.15) is 24.1 Å². The number of rotatable bonds is 7. The van der Waals surface area contributed by atoms with E-state index in [9.17, 15) is 5.11 Å². The highest BCUT2D eigenvalue weighted by molar-refractivity contribution is 7.09. The van der Waals surface area contributed by atoms with E-state index in [1.165, 1.54) is 4.88 Å². The molecule has 1 fully saturated rings. The van der Waals surface area contributed by atoms with E-state index in [4.69, 9.17) is 39.5 Å². The second kappa shape index (κ2) is 8.96. The van der Waals surface area contributed by atoms with Gasteiger partial charge < -0.3 is 9.84 Å². The zero-order chi connectivity index (χ0) is 17.8. The molecule has 0 spiro atoms. The quantitative estimate of drug-likeness (QED) is 0.553. The maximum absolute atomic E-state index is 10.4. The minimum absolute atomic E-state index is 0.00474. The van der Waals surface area contributed by atoms with Gasteiger partial charge >= 0.3 is 0 Å². The number of aliphatic hydroxyl groups is 1. The molecule has 1 aromatic carbocycles. The van der Waals surface area contributed by atoms with Gasteiger partial charge in [0.15, 0.2) is 0 Å². The fourth-order valence-electron chi connectivity index (χ4n) is 3.53. The summed E-state index contributed by atoms with van der Waals surface area (Å²) in [5.41, 5.74) is 0. The van der Waals surface area contributed by atoms with Crippen molar-refractivity contribution in [3.05, 3.63) is 50.6 Å². The van der Waals surface area contributed by atoms with E-state index in [0.717, 1.165) is 19.3 Å². The van der Waals surface area contributed by atoms with E-state index >= 15 is 0 Å². The number of halogens is 3. The van der Waals surface area contributed by atoms with Gasteiger partial charge in [-0.25, -0.2) is 0 Å². The normalized spacial score (nSPS) is 26.1. The average molecular weight is 420 g/mol. The number of thiophene rings is 1. The maximum Gasteiger partial charge on any atom is 0.122 e. The maximum atomic E-state index is 10.4. The largest absolute Gasteiger partial charge is 0.493 e. The Labute approximate surface area is 167 Å². The molecule has 1 aliphatic rings. The molecule has 0 unspecified atom stereocenters. The van der Waals surface area contributed by atoms with Gasteiger partial charge in [-0.3, -0.25) is 0 Å². The molecule has 0 saturated heterocycles. The molecule has 1 N–H and O–H groups in total. The summed E-state index contributed by atoms with van der Waals surface area (Å²) in [6.45, 7) is 0.421. The molecule has 0 radical (unpaired) electrons. The van der Waals surface area contributed by atoms with Crippen molar-refractivity contribution >= 4 is 46.1 Å². The van der Waals surface area contributed by atoms with Crippen LogP contribution in [0.5, 0.6) is 5.75 Å². The highest BCUT2D eigenvalue weighted by atomic mass is 35.5. The van der Waals surface area contributed by atoms with Gasteiger partial charge in [-0.05, 0) is 61.2 Å². The number of hydrogen-bond donors (Lipinski definition) is 1. The van der Waals surface area contributed by atoms with E-state index in [1.807, 2.05) is 0 Å². The van der Waals surface area contributed by atoms with Gasteiger partial charge in [0.05, 0.1) is 12.7 Å². The first kappa shape index (κ1) is 19.3. The molecule has 1 aromatic heterocycles. The second-order valence-electron chi connectivity index (χ2n) is 6.53. The lowest BCUT2D eigenvalue weighted by atomic mass is 9.90. The average Bonchev–Trinajstić information content (AvgIpc) is 3.14. The number of benzene rings is 1. The van der Waals surface area contributed by atoms with Crippen molar-refractivity contribution in [1.82, 2.24) is 0 Å². The zero-order valence-electron chi connectivity index (χ0n) is 13.7. The highest BCUT2D eigenvalue weighted by Gasteiger charge is 2.41. The summed E-state index contributed by atoms with van der Waals surface area (Å²) in [6.07, 6.45) is 3.32. The molecule has 4 atom stereocenters. The predicted molar refractivity (Wildman–Crippen MR) is 106 cm³/mol. The smallest absolute Gasteiger partial charge is 0.122 e. The van der Waals surface area contributed by atoms with Crippen molar-refractivity contribution < 1.29 is 9.84 Å². The third-order valence-corrected chi connectivity index (χ3v) is 6.67. The highest BCUT2D eigenvalue weighted by Crippen LogP contribution is 2.40. The van der Waals surface area contributed by atoms with Crippen LogP contribution in [0.25, 0.3) is 0 Å². The minimum atomic E-state index is -0.427. The Kier molecular flexibility index (Phi) is 6.93. The summed E-state index contributed by atoms with van der Waals surface area (Å²) in [5.74, 6) is 0.912. The van der Waals surface area contributed by atoms with Crippen molar-refractivity contribution in [2.24, 2.45) is 11.8 Å². The lowest BCUT2D eigenvalue weighted by Gasteiger charge is -2.23. The molecule has 136 valence electrons. The minimum Gasteiger partial charge on any atom is -0.493 e. The summed E-state index contributed by atoms with van der Waals surface area (Å²) in [7, 11) is 0. The Balaban J connectivity index is 1.57. The van der Waals surface area contributed by atoms with Crippen LogP contribution < -0.4 is 4.74 Å². The molecule has 2 aromatic rings. The van der Waals surface area contributed by atoms with Gasteiger partial charge in [0.1, 0.15) is 5.75 Å². The molecule has 0 bridgehead atoms. The van der Waals surface area contributed by atoms with Crippen molar-refractivity contribution in [3.63, 3.8) is 0 Å². The fraction of sp³-hybridized carbons (Fsp3) is 0.474. The number of aryl methyl sites for hydroxylation is 1. The Morgan fingerprint density at radius 1 is 1.16 bits per heavy atom.